The van der Waals surface area contributed by atoms with Crippen LogP contribution in [0.25, 0.3) is 0 Å². The fraction of sp³-hybridized carbons (Fsp3) is 0.600. The number of nitrogens with zero attached hydrogens (tertiary/aromatic N) is 3. The Labute approximate surface area is 112 Å². The van der Waals surface area contributed by atoms with Gasteiger partial charge in [-0.15, -0.1) is 16.8 Å². The summed E-state index contributed by atoms with van der Waals surface area (Å²) < 4.78 is 26.9. The van der Waals surface area contributed by atoms with E-state index in [1.54, 1.807) is 13.0 Å². The number of allylic oxidation sites excluding steroid dienone is 1. The fourth-order valence-electron chi connectivity index (χ4n) is 1.25. The van der Waals surface area contributed by atoms with Gasteiger partial charge >= 0.3 is 0 Å². The topological polar surface area (TPSA) is 76.9 Å². The van der Waals surface area contributed by atoms with Gasteiger partial charge in [-0.1, -0.05) is 17.8 Å². The van der Waals surface area contributed by atoms with E-state index < -0.39 is 10.0 Å². The van der Waals surface area contributed by atoms with Gasteiger partial charge in [-0.3, -0.25) is 0 Å². The van der Waals surface area contributed by atoms with Crippen molar-refractivity contribution in [3.8, 4) is 0 Å². The molecule has 1 aromatic rings. The lowest BCUT2D eigenvalue weighted by molar-refractivity contribution is 0.585. The lowest BCUT2D eigenvalue weighted by atomic mass is 10.6. The Bertz CT molecular complexity index is 496. The zero-order chi connectivity index (χ0) is 13.6. The van der Waals surface area contributed by atoms with Crippen molar-refractivity contribution in [3.05, 3.63) is 18.5 Å². The van der Waals surface area contributed by atoms with Crippen LogP contribution in [0.15, 0.2) is 17.8 Å². The molecule has 0 amide bonds. The average Bonchev–Trinajstić information content (AvgIpc) is 2.68. The van der Waals surface area contributed by atoms with Gasteiger partial charge in [0.25, 0.3) is 0 Å². The minimum absolute atomic E-state index is 0.101. The Kier molecular flexibility index (Phi) is 5.83. The zero-order valence-electron chi connectivity index (χ0n) is 10.6. The Hall–Kier alpha value is -0.860. The molecule has 102 valence electrons. The first-order valence-corrected chi connectivity index (χ1v) is 8.24. The molecule has 0 bridgehead atoms. The van der Waals surface area contributed by atoms with E-state index in [2.05, 4.69) is 21.5 Å². The first kappa shape index (κ1) is 15.2. The number of hydrogen-bond donors (Lipinski definition) is 1. The third-order valence-electron chi connectivity index (χ3n) is 2.25. The van der Waals surface area contributed by atoms with E-state index in [4.69, 9.17) is 0 Å². The summed E-state index contributed by atoms with van der Waals surface area (Å²) in [5, 5.41) is 8.80. The van der Waals surface area contributed by atoms with Crippen LogP contribution < -0.4 is 4.72 Å². The summed E-state index contributed by atoms with van der Waals surface area (Å²) in [6, 6.07) is 0. The number of hydrogen-bond acceptors (Lipinski definition) is 5. The van der Waals surface area contributed by atoms with E-state index >= 15 is 0 Å². The highest BCUT2D eigenvalue weighted by Crippen LogP contribution is 2.16. The van der Waals surface area contributed by atoms with Gasteiger partial charge in [0.05, 0.1) is 5.75 Å². The average molecular weight is 290 g/mol. The maximum atomic E-state index is 11.2. The van der Waals surface area contributed by atoms with E-state index in [1.165, 1.54) is 11.8 Å². The van der Waals surface area contributed by atoms with E-state index in [0.29, 0.717) is 18.8 Å². The summed E-state index contributed by atoms with van der Waals surface area (Å²) in [6.07, 6.45) is 1.78. The second-order valence-corrected chi connectivity index (χ2v) is 6.73. The van der Waals surface area contributed by atoms with Crippen molar-refractivity contribution in [2.24, 2.45) is 0 Å². The van der Waals surface area contributed by atoms with Crippen molar-refractivity contribution >= 4 is 21.8 Å². The Balaban J connectivity index is 2.47. The van der Waals surface area contributed by atoms with Crippen LogP contribution in [0, 0.1) is 6.92 Å². The Morgan fingerprint density at radius 1 is 1.50 bits per heavy atom. The smallest absolute Gasteiger partial charge is 0.211 e. The number of aryl methyl sites for hydroxylation is 1. The third-order valence-corrected chi connectivity index (χ3v) is 4.62. The number of sulfonamides is 1. The molecule has 0 aliphatic heterocycles. The Morgan fingerprint density at radius 3 is 2.83 bits per heavy atom. The Morgan fingerprint density at radius 2 is 2.22 bits per heavy atom. The van der Waals surface area contributed by atoms with Crippen LogP contribution in [0.2, 0.25) is 0 Å². The number of thioether (sulfide) groups is 1. The highest BCUT2D eigenvalue weighted by Gasteiger charge is 2.09. The summed E-state index contributed by atoms with van der Waals surface area (Å²) in [7, 11) is -3.11. The summed E-state index contributed by atoms with van der Waals surface area (Å²) >= 11 is 1.47. The van der Waals surface area contributed by atoms with Gasteiger partial charge in [0.2, 0.25) is 10.0 Å². The maximum Gasteiger partial charge on any atom is 0.211 e. The number of aromatic nitrogens is 3. The maximum absolute atomic E-state index is 11.2. The predicted molar refractivity (Wildman–Crippen MR) is 73.1 cm³/mol. The molecule has 1 heterocycles. The second kappa shape index (κ2) is 6.91. The molecule has 0 radical (unpaired) electrons. The number of nitrogens with one attached hydrogen (secondary N) is 1. The molecular formula is C10H18N4O2S2. The molecule has 1 aromatic heterocycles. The van der Waals surface area contributed by atoms with Gasteiger partial charge in [0.15, 0.2) is 5.16 Å². The third kappa shape index (κ3) is 4.43. The molecule has 0 saturated carbocycles. The van der Waals surface area contributed by atoms with E-state index in [0.717, 1.165) is 11.0 Å². The van der Waals surface area contributed by atoms with Crippen LogP contribution in [0.3, 0.4) is 0 Å². The van der Waals surface area contributed by atoms with Crippen LogP contribution in [0.4, 0.5) is 0 Å². The molecule has 8 heteroatoms. The van der Waals surface area contributed by atoms with Gasteiger partial charge in [0, 0.05) is 18.8 Å². The molecule has 0 aliphatic rings. The molecule has 0 spiro atoms. The largest absolute Gasteiger partial charge is 0.302 e. The monoisotopic (exact) mass is 290 g/mol. The van der Waals surface area contributed by atoms with Gasteiger partial charge in [-0.2, -0.15) is 0 Å². The molecule has 0 unspecified atom stereocenters. The lowest BCUT2D eigenvalue weighted by Gasteiger charge is -2.06. The molecule has 0 fully saturated rings. The molecule has 0 aromatic carbocycles. The normalized spacial score (nSPS) is 11.7. The lowest BCUT2D eigenvalue weighted by Crippen LogP contribution is -2.27. The van der Waals surface area contributed by atoms with E-state index in [-0.39, 0.29) is 5.75 Å². The predicted octanol–water partition coefficient (Wildman–Crippen LogP) is 0.804. The van der Waals surface area contributed by atoms with Gasteiger partial charge in [0.1, 0.15) is 5.82 Å². The molecule has 0 saturated heterocycles. The summed E-state index contributed by atoms with van der Waals surface area (Å²) in [6.45, 7) is 8.21. The van der Waals surface area contributed by atoms with E-state index in [9.17, 15) is 8.42 Å². The standard InChI is InChI=1S/C10H18N4O2S2/c1-4-7-14-9(3)12-13-10(14)17-8-6-11-18(15,16)5-2/h4,11H,1,5-8H2,2-3H3. The number of rotatable bonds is 8. The summed E-state index contributed by atoms with van der Waals surface area (Å²) in [5.74, 6) is 1.55. The first-order chi connectivity index (χ1) is 8.50. The summed E-state index contributed by atoms with van der Waals surface area (Å²) in [4.78, 5) is 0. The van der Waals surface area contributed by atoms with E-state index in [1.807, 2.05) is 11.5 Å². The van der Waals surface area contributed by atoms with Crippen molar-refractivity contribution in [2.75, 3.05) is 18.1 Å². The highest BCUT2D eigenvalue weighted by atomic mass is 32.2. The fourth-order valence-corrected chi connectivity index (χ4v) is 2.84. The molecule has 1 rings (SSSR count). The van der Waals surface area contributed by atoms with Crippen molar-refractivity contribution in [2.45, 2.75) is 25.5 Å². The van der Waals surface area contributed by atoms with Crippen LogP contribution in [-0.2, 0) is 16.6 Å². The second-order valence-electron chi connectivity index (χ2n) is 3.58. The summed E-state index contributed by atoms with van der Waals surface area (Å²) in [5.41, 5.74) is 0. The highest BCUT2D eigenvalue weighted by molar-refractivity contribution is 7.99. The van der Waals surface area contributed by atoms with Crippen molar-refractivity contribution in [3.63, 3.8) is 0 Å². The quantitative estimate of drug-likeness (QED) is 0.435. The first-order valence-electron chi connectivity index (χ1n) is 5.61. The van der Waals surface area contributed by atoms with Gasteiger partial charge in [-0.05, 0) is 13.8 Å². The van der Waals surface area contributed by atoms with Crippen LogP contribution >= 0.6 is 11.8 Å². The van der Waals surface area contributed by atoms with Gasteiger partial charge < -0.3 is 4.57 Å². The van der Waals surface area contributed by atoms with Crippen molar-refractivity contribution < 1.29 is 8.42 Å². The van der Waals surface area contributed by atoms with Gasteiger partial charge in [-0.25, -0.2) is 13.1 Å². The molecule has 0 atom stereocenters. The van der Waals surface area contributed by atoms with Crippen LogP contribution in [-0.4, -0.2) is 41.2 Å². The molecule has 6 nitrogen and oxygen atoms in total. The van der Waals surface area contributed by atoms with Crippen molar-refractivity contribution in [1.82, 2.24) is 19.5 Å². The minimum Gasteiger partial charge on any atom is -0.302 e. The molecule has 1 N–H and O–H groups in total. The van der Waals surface area contributed by atoms with Crippen molar-refractivity contribution in [1.29, 1.82) is 0 Å². The van der Waals surface area contributed by atoms with Crippen LogP contribution in [0.5, 0.6) is 0 Å². The molecular weight excluding hydrogens is 272 g/mol. The molecule has 18 heavy (non-hydrogen) atoms. The molecule has 0 aliphatic carbocycles. The van der Waals surface area contributed by atoms with Crippen LogP contribution in [0.1, 0.15) is 12.7 Å². The SMILES string of the molecule is C=CCn1c(C)nnc1SCCNS(=O)(=O)CC. The zero-order valence-corrected chi connectivity index (χ0v) is 12.2. The minimum atomic E-state index is -3.11.